The molecule has 114 valence electrons. The van der Waals surface area contributed by atoms with Crippen molar-refractivity contribution in [2.24, 2.45) is 11.8 Å². The van der Waals surface area contributed by atoms with E-state index in [2.05, 4.69) is 10.6 Å². The molecule has 0 aromatic heterocycles. The number of urea groups is 1. The summed E-state index contributed by atoms with van der Waals surface area (Å²) >= 11 is 0. The molecule has 0 aliphatic heterocycles. The van der Waals surface area contributed by atoms with Crippen LogP contribution in [0.15, 0.2) is 24.3 Å². The molecule has 0 spiro atoms. The topological polar surface area (TPSA) is 78.4 Å². The van der Waals surface area contributed by atoms with Crippen LogP contribution < -0.4 is 10.6 Å². The third-order valence-electron chi connectivity index (χ3n) is 4.14. The van der Waals surface area contributed by atoms with Crippen LogP contribution in [0, 0.1) is 18.8 Å². The van der Waals surface area contributed by atoms with Crippen LogP contribution in [0.3, 0.4) is 0 Å². The van der Waals surface area contributed by atoms with Gasteiger partial charge < -0.3 is 15.7 Å². The van der Waals surface area contributed by atoms with E-state index < -0.39 is 5.97 Å². The minimum atomic E-state index is -0.696. The highest BCUT2D eigenvalue weighted by molar-refractivity contribution is 5.89. The lowest BCUT2D eigenvalue weighted by Crippen LogP contribution is -2.35. The van der Waals surface area contributed by atoms with Crippen molar-refractivity contribution in [3.05, 3.63) is 29.8 Å². The summed E-state index contributed by atoms with van der Waals surface area (Å²) in [6.07, 6.45) is 3.14. The molecule has 21 heavy (non-hydrogen) atoms. The summed E-state index contributed by atoms with van der Waals surface area (Å²) in [6, 6.07) is 7.43. The lowest BCUT2D eigenvalue weighted by molar-refractivity contribution is -0.143. The number of aliphatic carboxylic acids is 1. The number of para-hydroxylation sites is 1. The quantitative estimate of drug-likeness (QED) is 0.797. The van der Waals surface area contributed by atoms with E-state index in [1.807, 2.05) is 31.2 Å². The summed E-state index contributed by atoms with van der Waals surface area (Å²) < 4.78 is 0. The first-order valence-corrected chi connectivity index (χ1v) is 7.39. The van der Waals surface area contributed by atoms with E-state index in [0.29, 0.717) is 25.3 Å². The number of hydrogen-bond donors (Lipinski definition) is 3. The van der Waals surface area contributed by atoms with Gasteiger partial charge in [0, 0.05) is 12.2 Å². The van der Waals surface area contributed by atoms with Gasteiger partial charge in [0.15, 0.2) is 0 Å². The summed E-state index contributed by atoms with van der Waals surface area (Å²) in [5.74, 6) is -0.524. The monoisotopic (exact) mass is 290 g/mol. The Morgan fingerprint density at radius 3 is 2.48 bits per heavy atom. The molecular formula is C16H22N2O3. The molecule has 3 N–H and O–H groups in total. The maximum Gasteiger partial charge on any atom is 0.319 e. The van der Waals surface area contributed by atoms with E-state index in [1.54, 1.807) is 0 Å². The average Bonchev–Trinajstić information content (AvgIpc) is 2.48. The van der Waals surface area contributed by atoms with Crippen LogP contribution in [0.1, 0.15) is 31.2 Å². The highest BCUT2D eigenvalue weighted by atomic mass is 16.4. The van der Waals surface area contributed by atoms with Crippen LogP contribution in [0.25, 0.3) is 0 Å². The molecule has 0 saturated heterocycles. The van der Waals surface area contributed by atoms with Crippen LogP contribution >= 0.6 is 0 Å². The summed E-state index contributed by atoms with van der Waals surface area (Å²) in [5, 5.41) is 14.7. The number of anilines is 1. The molecule has 1 aromatic rings. The first-order chi connectivity index (χ1) is 10.1. The SMILES string of the molecule is Cc1ccccc1NC(=O)NCC1CCC(C(=O)O)CC1. The Hall–Kier alpha value is -2.04. The first-order valence-electron chi connectivity index (χ1n) is 7.39. The second kappa shape index (κ2) is 7.11. The Labute approximate surface area is 124 Å². The molecule has 0 radical (unpaired) electrons. The van der Waals surface area contributed by atoms with Gasteiger partial charge in [-0.15, -0.1) is 0 Å². The third kappa shape index (κ3) is 4.48. The average molecular weight is 290 g/mol. The lowest BCUT2D eigenvalue weighted by atomic mass is 9.82. The summed E-state index contributed by atoms with van der Waals surface area (Å²) in [6.45, 7) is 2.55. The van der Waals surface area contributed by atoms with Crippen molar-refractivity contribution in [1.29, 1.82) is 0 Å². The number of nitrogens with one attached hydrogen (secondary N) is 2. The second-order valence-corrected chi connectivity index (χ2v) is 5.71. The van der Waals surface area contributed by atoms with Gasteiger partial charge in [-0.25, -0.2) is 4.79 Å². The number of rotatable bonds is 4. The molecule has 5 heteroatoms. The number of carboxylic acids is 1. The van der Waals surface area contributed by atoms with Gasteiger partial charge in [-0.2, -0.15) is 0 Å². The predicted octanol–water partition coefficient (Wildman–Crippen LogP) is 3.01. The van der Waals surface area contributed by atoms with Gasteiger partial charge in [0.05, 0.1) is 5.92 Å². The minimum Gasteiger partial charge on any atom is -0.481 e. The van der Waals surface area contributed by atoms with E-state index in [4.69, 9.17) is 5.11 Å². The number of aryl methyl sites for hydroxylation is 1. The predicted molar refractivity (Wildman–Crippen MR) is 81.3 cm³/mol. The molecule has 2 amide bonds. The van der Waals surface area contributed by atoms with Crippen molar-refractivity contribution in [2.45, 2.75) is 32.6 Å². The van der Waals surface area contributed by atoms with Gasteiger partial charge in [0.1, 0.15) is 0 Å². The van der Waals surface area contributed by atoms with Gasteiger partial charge >= 0.3 is 12.0 Å². The van der Waals surface area contributed by atoms with Gasteiger partial charge in [0.25, 0.3) is 0 Å². The van der Waals surface area contributed by atoms with Gasteiger partial charge in [-0.05, 0) is 50.2 Å². The highest BCUT2D eigenvalue weighted by Gasteiger charge is 2.25. The minimum absolute atomic E-state index is 0.204. The summed E-state index contributed by atoms with van der Waals surface area (Å²) in [7, 11) is 0. The zero-order chi connectivity index (χ0) is 15.2. The van der Waals surface area contributed by atoms with Crippen LogP contribution in [-0.2, 0) is 4.79 Å². The number of benzene rings is 1. The molecule has 5 nitrogen and oxygen atoms in total. The summed E-state index contributed by atoms with van der Waals surface area (Å²) in [5.41, 5.74) is 1.83. The zero-order valence-corrected chi connectivity index (χ0v) is 12.3. The fraction of sp³-hybridized carbons (Fsp3) is 0.500. The largest absolute Gasteiger partial charge is 0.481 e. The highest BCUT2D eigenvalue weighted by Crippen LogP contribution is 2.28. The van der Waals surface area contributed by atoms with Crippen molar-refractivity contribution < 1.29 is 14.7 Å². The molecule has 1 aliphatic carbocycles. The van der Waals surface area contributed by atoms with E-state index >= 15 is 0 Å². The normalized spacial score (nSPS) is 21.6. The van der Waals surface area contributed by atoms with E-state index in [1.165, 1.54) is 0 Å². The Bertz CT molecular complexity index is 508. The van der Waals surface area contributed by atoms with Crippen LogP contribution in [-0.4, -0.2) is 23.7 Å². The van der Waals surface area contributed by atoms with Crippen LogP contribution in [0.2, 0.25) is 0 Å². The molecular weight excluding hydrogens is 268 g/mol. The maximum absolute atomic E-state index is 11.9. The second-order valence-electron chi connectivity index (χ2n) is 5.71. The lowest BCUT2D eigenvalue weighted by Gasteiger charge is -2.26. The molecule has 2 rings (SSSR count). The van der Waals surface area contributed by atoms with Crippen molar-refractivity contribution >= 4 is 17.7 Å². The van der Waals surface area contributed by atoms with E-state index in [-0.39, 0.29) is 11.9 Å². The van der Waals surface area contributed by atoms with Crippen molar-refractivity contribution in [3.8, 4) is 0 Å². The molecule has 0 heterocycles. The van der Waals surface area contributed by atoms with Crippen LogP contribution in [0.5, 0.6) is 0 Å². The van der Waals surface area contributed by atoms with Gasteiger partial charge in [-0.1, -0.05) is 18.2 Å². The standard InChI is InChI=1S/C16H22N2O3/c1-11-4-2-3-5-14(11)18-16(21)17-10-12-6-8-13(9-7-12)15(19)20/h2-5,12-13H,6-10H2,1H3,(H,19,20)(H2,17,18,21). The fourth-order valence-electron chi connectivity index (χ4n) is 2.73. The zero-order valence-electron chi connectivity index (χ0n) is 12.3. The number of carbonyl (C=O) groups excluding carboxylic acids is 1. The molecule has 1 saturated carbocycles. The smallest absolute Gasteiger partial charge is 0.319 e. The van der Waals surface area contributed by atoms with Gasteiger partial charge in [-0.3, -0.25) is 4.79 Å². The Balaban J connectivity index is 1.73. The molecule has 0 unspecified atom stereocenters. The Kier molecular flexibility index (Phi) is 5.20. The molecule has 1 fully saturated rings. The molecule has 0 atom stereocenters. The number of amides is 2. The fourth-order valence-corrected chi connectivity index (χ4v) is 2.73. The molecule has 0 bridgehead atoms. The number of carboxylic acid groups (broad SMARTS) is 1. The van der Waals surface area contributed by atoms with Crippen LogP contribution in [0.4, 0.5) is 10.5 Å². The van der Waals surface area contributed by atoms with E-state index in [9.17, 15) is 9.59 Å². The molecule has 1 aliphatic rings. The van der Waals surface area contributed by atoms with Crippen molar-refractivity contribution in [2.75, 3.05) is 11.9 Å². The van der Waals surface area contributed by atoms with E-state index in [0.717, 1.165) is 24.1 Å². The maximum atomic E-state index is 11.9. The molecule has 1 aromatic carbocycles. The first kappa shape index (κ1) is 15.4. The third-order valence-corrected chi connectivity index (χ3v) is 4.14. The number of carbonyl (C=O) groups is 2. The summed E-state index contributed by atoms with van der Waals surface area (Å²) in [4.78, 5) is 22.7. The number of hydrogen-bond acceptors (Lipinski definition) is 2. The van der Waals surface area contributed by atoms with Gasteiger partial charge in [0.2, 0.25) is 0 Å². The van der Waals surface area contributed by atoms with Crippen molar-refractivity contribution in [3.63, 3.8) is 0 Å². The Morgan fingerprint density at radius 1 is 1.19 bits per heavy atom. The van der Waals surface area contributed by atoms with Crippen molar-refractivity contribution in [1.82, 2.24) is 5.32 Å². The Morgan fingerprint density at radius 2 is 1.86 bits per heavy atom.